The van der Waals surface area contributed by atoms with Gasteiger partial charge in [0, 0.05) is 34.2 Å². The highest BCUT2D eigenvalue weighted by Crippen LogP contribution is 2.33. The summed E-state index contributed by atoms with van der Waals surface area (Å²) in [6.45, 7) is 9.42. The first-order valence-electron chi connectivity index (χ1n) is 8.36. The Hall–Kier alpha value is -0.850. The third-order valence-corrected chi connectivity index (χ3v) is 6.81. The van der Waals surface area contributed by atoms with Crippen LogP contribution in [0.25, 0.3) is 10.9 Å². The predicted molar refractivity (Wildman–Crippen MR) is 103 cm³/mol. The van der Waals surface area contributed by atoms with Gasteiger partial charge < -0.3 is 4.57 Å². The average molecular weight is 413 g/mol. The summed E-state index contributed by atoms with van der Waals surface area (Å²) >= 11 is 3.54. The Morgan fingerprint density at radius 2 is 2.00 bits per heavy atom. The molecule has 0 radical (unpaired) electrons. The van der Waals surface area contributed by atoms with Gasteiger partial charge in [0.2, 0.25) is 10.0 Å². The number of halogens is 1. The monoisotopic (exact) mass is 412 g/mol. The largest absolute Gasteiger partial charge is 0.347 e. The normalized spacial score (nSPS) is 17.4. The molecule has 3 rings (SSSR count). The molecule has 6 heteroatoms. The number of nitrogens with one attached hydrogen (secondary N) is 1. The van der Waals surface area contributed by atoms with Crippen LogP contribution in [0.2, 0.25) is 0 Å². The average Bonchev–Trinajstić information content (AvgIpc) is 3.23. The molecule has 1 heterocycles. The minimum atomic E-state index is -3.21. The van der Waals surface area contributed by atoms with E-state index in [1.54, 1.807) is 0 Å². The van der Waals surface area contributed by atoms with Gasteiger partial charge in [-0.25, -0.2) is 13.1 Å². The summed E-state index contributed by atoms with van der Waals surface area (Å²) in [5.41, 5.74) is 2.31. The first kappa shape index (κ1) is 18.0. The maximum absolute atomic E-state index is 12.3. The molecule has 0 saturated heterocycles. The molecule has 1 saturated carbocycles. The highest BCUT2D eigenvalue weighted by molar-refractivity contribution is 9.10. The van der Waals surface area contributed by atoms with Crippen LogP contribution in [0.3, 0.4) is 0 Å². The molecule has 2 aromatic rings. The van der Waals surface area contributed by atoms with Crippen LogP contribution >= 0.6 is 15.9 Å². The van der Waals surface area contributed by atoms with Crippen LogP contribution in [0.15, 0.2) is 28.9 Å². The Labute approximate surface area is 152 Å². The summed E-state index contributed by atoms with van der Waals surface area (Å²) in [5, 5.41) is 0.908. The SMILES string of the molecule is CC(NS(=O)(=O)C1CC1)c1cn(CC(C)(C)C)c2cc(Br)ccc12. The van der Waals surface area contributed by atoms with E-state index in [1.807, 2.05) is 13.0 Å². The lowest BCUT2D eigenvalue weighted by molar-refractivity contribution is 0.349. The van der Waals surface area contributed by atoms with E-state index < -0.39 is 10.0 Å². The minimum absolute atomic E-state index is 0.141. The van der Waals surface area contributed by atoms with Crippen LogP contribution in [-0.4, -0.2) is 18.2 Å². The third kappa shape index (κ3) is 3.86. The summed E-state index contributed by atoms with van der Waals surface area (Å²) < 4.78 is 30.7. The van der Waals surface area contributed by atoms with Gasteiger partial charge in [-0.1, -0.05) is 42.8 Å². The minimum Gasteiger partial charge on any atom is -0.347 e. The Morgan fingerprint density at radius 3 is 2.58 bits per heavy atom. The second-order valence-corrected chi connectivity index (χ2v) is 10.9. The number of sulfonamides is 1. The Kier molecular flexibility index (Phi) is 4.60. The van der Waals surface area contributed by atoms with Gasteiger partial charge in [-0.2, -0.15) is 0 Å². The van der Waals surface area contributed by atoms with E-state index in [-0.39, 0.29) is 16.7 Å². The fourth-order valence-electron chi connectivity index (χ4n) is 3.06. The molecule has 0 aliphatic heterocycles. The van der Waals surface area contributed by atoms with Gasteiger partial charge >= 0.3 is 0 Å². The molecular formula is C18H25BrN2O2S. The smallest absolute Gasteiger partial charge is 0.215 e. The van der Waals surface area contributed by atoms with E-state index in [2.05, 4.69) is 64.3 Å². The second kappa shape index (κ2) is 6.15. The molecule has 1 atom stereocenters. The van der Waals surface area contributed by atoms with Gasteiger partial charge in [0.05, 0.1) is 5.25 Å². The molecule has 1 aromatic carbocycles. The lowest BCUT2D eigenvalue weighted by Gasteiger charge is -2.20. The topological polar surface area (TPSA) is 51.1 Å². The number of aromatic nitrogens is 1. The van der Waals surface area contributed by atoms with Gasteiger partial charge in [-0.05, 0) is 42.9 Å². The van der Waals surface area contributed by atoms with Crippen molar-refractivity contribution in [2.75, 3.05) is 0 Å². The highest BCUT2D eigenvalue weighted by atomic mass is 79.9. The molecule has 1 aliphatic carbocycles. The molecule has 0 spiro atoms. The maximum Gasteiger partial charge on any atom is 0.215 e. The van der Waals surface area contributed by atoms with Gasteiger partial charge in [0.15, 0.2) is 0 Å². The highest BCUT2D eigenvalue weighted by Gasteiger charge is 2.36. The van der Waals surface area contributed by atoms with Crippen molar-refractivity contribution in [3.63, 3.8) is 0 Å². The molecular weight excluding hydrogens is 388 g/mol. The van der Waals surface area contributed by atoms with E-state index in [4.69, 9.17) is 0 Å². The van der Waals surface area contributed by atoms with Crippen LogP contribution in [0.4, 0.5) is 0 Å². The summed E-state index contributed by atoms with van der Waals surface area (Å²) in [7, 11) is -3.21. The summed E-state index contributed by atoms with van der Waals surface area (Å²) in [5.74, 6) is 0. The van der Waals surface area contributed by atoms with Crippen molar-refractivity contribution in [3.8, 4) is 0 Å². The van der Waals surface area contributed by atoms with E-state index >= 15 is 0 Å². The Balaban J connectivity index is 2.01. The predicted octanol–water partition coefficient (Wildman–Crippen LogP) is 4.59. The molecule has 24 heavy (non-hydrogen) atoms. The summed E-state index contributed by atoms with van der Waals surface area (Å²) in [4.78, 5) is 0. The molecule has 1 unspecified atom stereocenters. The van der Waals surface area contributed by atoms with E-state index in [1.165, 1.54) is 0 Å². The van der Waals surface area contributed by atoms with Crippen LogP contribution in [-0.2, 0) is 16.6 Å². The molecule has 1 aliphatic rings. The second-order valence-electron chi connectivity index (χ2n) is 8.02. The number of hydrogen-bond acceptors (Lipinski definition) is 2. The molecule has 4 nitrogen and oxygen atoms in total. The lowest BCUT2D eigenvalue weighted by Crippen LogP contribution is -2.29. The van der Waals surface area contributed by atoms with Crippen LogP contribution in [0, 0.1) is 5.41 Å². The summed E-state index contributed by atoms with van der Waals surface area (Å²) in [6.07, 6.45) is 3.66. The number of benzene rings is 1. The van der Waals surface area contributed by atoms with Gasteiger partial charge in [0.1, 0.15) is 0 Å². The standard InChI is InChI=1S/C18H25BrN2O2S/c1-12(20-24(22,23)14-6-7-14)16-10-21(11-18(2,3)4)17-9-13(19)5-8-15(16)17/h5,8-10,12,14,20H,6-7,11H2,1-4H3. The van der Waals surface area contributed by atoms with Crippen LogP contribution in [0.5, 0.6) is 0 Å². The maximum atomic E-state index is 12.3. The zero-order valence-corrected chi connectivity index (χ0v) is 17.0. The Bertz CT molecular complexity index is 861. The molecule has 1 aromatic heterocycles. The van der Waals surface area contributed by atoms with Crippen molar-refractivity contribution >= 4 is 36.9 Å². The third-order valence-electron chi connectivity index (χ3n) is 4.29. The van der Waals surface area contributed by atoms with E-state index in [0.29, 0.717) is 0 Å². The Morgan fingerprint density at radius 1 is 1.33 bits per heavy atom. The molecule has 1 fully saturated rings. The fraction of sp³-hybridized carbons (Fsp3) is 0.556. The quantitative estimate of drug-likeness (QED) is 0.780. The van der Waals surface area contributed by atoms with Crippen LogP contribution < -0.4 is 4.72 Å². The number of rotatable bonds is 5. The van der Waals surface area contributed by atoms with Crippen molar-refractivity contribution in [3.05, 3.63) is 34.4 Å². The number of nitrogens with zero attached hydrogens (tertiary/aromatic N) is 1. The molecule has 1 N–H and O–H groups in total. The molecule has 0 bridgehead atoms. The van der Waals surface area contributed by atoms with Gasteiger partial charge in [-0.3, -0.25) is 0 Å². The van der Waals surface area contributed by atoms with Crippen molar-refractivity contribution < 1.29 is 8.42 Å². The van der Waals surface area contributed by atoms with E-state index in [9.17, 15) is 8.42 Å². The van der Waals surface area contributed by atoms with Crippen LogP contribution in [0.1, 0.15) is 52.1 Å². The molecule has 0 amide bonds. The first-order valence-corrected chi connectivity index (χ1v) is 10.7. The lowest BCUT2D eigenvalue weighted by atomic mass is 9.97. The first-order chi connectivity index (χ1) is 11.1. The van der Waals surface area contributed by atoms with Gasteiger partial charge in [-0.15, -0.1) is 0 Å². The van der Waals surface area contributed by atoms with Crippen molar-refractivity contribution in [1.29, 1.82) is 0 Å². The molecule has 132 valence electrons. The summed E-state index contributed by atoms with van der Waals surface area (Å²) in [6, 6.07) is 5.94. The van der Waals surface area contributed by atoms with E-state index in [0.717, 1.165) is 40.3 Å². The number of fused-ring (bicyclic) bond motifs is 1. The van der Waals surface area contributed by atoms with Gasteiger partial charge in [0.25, 0.3) is 0 Å². The van der Waals surface area contributed by atoms with Crippen molar-refractivity contribution in [2.45, 2.75) is 58.4 Å². The number of hydrogen-bond donors (Lipinski definition) is 1. The zero-order valence-electron chi connectivity index (χ0n) is 14.6. The van der Waals surface area contributed by atoms with Crippen molar-refractivity contribution in [2.24, 2.45) is 5.41 Å². The zero-order chi connectivity index (χ0) is 17.7. The van der Waals surface area contributed by atoms with Crippen molar-refractivity contribution in [1.82, 2.24) is 9.29 Å². The fourth-order valence-corrected chi connectivity index (χ4v) is 4.98.